The summed E-state index contributed by atoms with van der Waals surface area (Å²) in [6, 6.07) is 10.2. The van der Waals surface area contributed by atoms with Gasteiger partial charge in [0, 0.05) is 10.0 Å². The van der Waals surface area contributed by atoms with Gasteiger partial charge in [0.2, 0.25) is 0 Å². The fourth-order valence-electron chi connectivity index (χ4n) is 1.88. The molecule has 0 aliphatic carbocycles. The molecule has 2 rings (SSSR count). The van der Waals surface area contributed by atoms with Crippen molar-refractivity contribution in [2.75, 3.05) is 0 Å². The lowest BCUT2D eigenvalue weighted by molar-refractivity contribution is 0.103. The van der Waals surface area contributed by atoms with E-state index >= 15 is 0 Å². The Morgan fingerprint density at radius 2 is 1.75 bits per heavy atom. The van der Waals surface area contributed by atoms with E-state index in [-0.39, 0.29) is 16.4 Å². The standard InChI is InChI=1S/C16H13BrClFO/c1-9(2)10-3-5-11(6-4-10)16(20)12-7-8-13(17)14(18)15(12)19/h3-9H,1-2H3. The average molecular weight is 356 g/mol. The lowest BCUT2D eigenvalue weighted by Gasteiger charge is -2.08. The largest absolute Gasteiger partial charge is 0.288 e. The molecule has 0 heterocycles. The van der Waals surface area contributed by atoms with Crippen LogP contribution in [0.25, 0.3) is 0 Å². The first-order valence-corrected chi connectivity index (χ1v) is 7.37. The van der Waals surface area contributed by atoms with Gasteiger partial charge in [0.1, 0.15) is 0 Å². The molecule has 2 aromatic rings. The zero-order valence-corrected chi connectivity index (χ0v) is 13.4. The minimum absolute atomic E-state index is 0.0181. The molecule has 0 radical (unpaired) electrons. The van der Waals surface area contributed by atoms with Crippen LogP contribution in [-0.4, -0.2) is 5.78 Å². The van der Waals surface area contributed by atoms with Crippen molar-refractivity contribution in [3.05, 3.63) is 68.4 Å². The van der Waals surface area contributed by atoms with Gasteiger partial charge in [0.15, 0.2) is 11.6 Å². The summed E-state index contributed by atoms with van der Waals surface area (Å²) < 4.78 is 14.5. The van der Waals surface area contributed by atoms with Gasteiger partial charge < -0.3 is 0 Å². The van der Waals surface area contributed by atoms with Crippen LogP contribution in [0.2, 0.25) is 5.02 Å². The Hall–Kier alpha value is -1.19. The maximum absolute atomic E-state index is 14.0. The Kier molecular flexibility index (Phi) is 4.61. The zero-order chi connectivity index (χ0) is 14.9. The molecular formula is C16H13BrClFO. The first-order valence-electron chi connectivity index (χ1n) is 6.20. The van der Waals surface area contributed by atoms with Gasteiger partial charge in [0.05, 0.1) is 10.6 Å². The van der Waals surface area contributed by atoms with Gasteiger partial charge in [-0.15, -0.1) is 0 Å². The molecule has 0 fully saturated rings. The second-order valence-electron chi connectivity index (χ2n) is 4.83. The van der Waals surface area contributed by atoms with Crippen LogP contribution in [0.4, 0.5) is 4.39 Å². The van der Waals surface area contributed by atoms with Crippen molar-refractivity contribution in [1.29, 1.82) is 0 Å². The van der Waals surface area contributed by atoms with Crippen molar-refractivity contribution in [3.63, 3.8) is 0 Å². The molecule has 0 atom stereocenters. The molecule has 0 aliphatic heterocycles. The van der Waals surface area contributed by atoms with E-state index in [1.165, 1.54) is 6.07 Å². The molecule has 0 saturated carbocycles. The Morgan fingerprint density at radius 3 is 2.30 bits per heavy atom. The van der Waals surface area contributed by atoms with Gasteiger partial charge in [-0.25, -0.2) is 4.39 Å². The molecule has 0 aromatic heterocycles. The molecule has 20 heavy (non-hydrogen) atoms. The second-order valence-corrected chi connectivity index (χ2v) is 6.06. The fraction of sp³-hybridized carbons (Fsp3) is 0.188. The summed E-state index contributed by atoms with van der Waals surface area (Å²) in [6.07, 6.45) is 0. The molecule has 0 amide bonds. The lowest BCUT2D eigenvalue weighted by atomic mass is 9.98. The number of hydrogen-bond acceptors (Lipinski definition) is 1. The normalized spacial score (nSPS) is 10.9. The monoisotopic (exact) mass is 354 g/mol. The van der Waals surface area contributed by atoms with Crippen molar-refractivity contribution in [1.82, 2.24) is 0 Å². The van der Waals surface area contributed by atoms with Gasteiger partial charge in [0.25, 0.3) is 0 Å². The van der Waals surface area contributed by atoms with Gasteiger partial charge in [-0.2, -0.15) is 0 Å². The van der Waals surface area contributed by atoms with Gasteiger partial charge in [-0.3, -0.25) is 4.79 Å². The summed E-state index contributed by atoms with van der Waals surface area (Å²) in [5, 5.41) is -0.0744. The van der Waals surface area contributed by atoms with Crippen molar-refractivity contribution >= 4 is 33.3 Å². The Bertz CT molecular complexity index is 650. The van der Waals surface area contributed by atoms with E-state index in [2.05, 4.69) is 29.8 Å². The average Bonchev–Trinajstić information content (AvgIpc) is 2.44. The van der Waals surface area contributed by atoms with Crippen LogP contribution >= 0.6 is 27.5 Å². The number of halogens is 3. The van der Waals surface area contributed by atoms with E-state index in [9.17, 15) is 9.18 Å². The van der Waals surface area contributed by atoms with E-state index in [0.717, 1.165) is 5.56 Å². The van der Waals surface area contributed by atoms with Crippen molar-refractivity contribution in [2.45, 2.75) is 19.8 Å². The first kappa shape index (κ1) is 15.2. The summed E-state index contributed by atoms with van der Waals surface area (Å²) in [5.41, 5.74) is 1.57. The van der Waals surface area contributed by atoms with Crippen molar-refractivity contribution < 1.29 is 9.18 Å². The highest BCUT2D eigenvalue weighted by Gasteiger charge is 2.18. The maximum Gasteiger partial charge on any atom is 0.196 e. The third kappa shape index (κ3) is 2.94. The molecule has 0 spiro atoms. The second kappa shape index (κ2) is 6.06. The minimum atomic E-state index is -0.695. The van der Waals surface area contributed by atoms with Crippen LogP contribution in [0.1, 0.15) is 41.3 Å². The highest BCUT2D eigenvalue weighted by atomic mass is 79.9. The molecule has 0 unspecified atom stereocenters. The van der Waals surface area contributed by atoms with Crippen LogP contribution in [0.15, 0.2) is 40.9 Å². The highest BCUT2D eigenvalue weighted by molar-refractivity contribution is 9.10. The SMILES string of the molecule is CC(C)c1ccc(C(=O)c2ccc(Br)c(Cl)c2F)cc1. The van der Waals surface area contributed by atoms with Gasteiger partial charge in [-0.05, 0) is 39.5 Å². The number of ketones is 1. The Morgan fingerprint density at radius 1 is 1.15 bits per heavy atom. The Balaban J connectivity index is 2.39. The molecule has 0 N–H and O–H groups in total. The fourth-order valence-corrected chi connectivity index (χ4v) is 2.35. The van der Waals surface area contributed by atoms with Crippen LogP contribution in [0, 0.1) is 5.82 Å². The Labute approximate surface area is 130 Å². The third-order valence-electron chi connectivity index (χ3n) is 3.12. The zero-order valence-electron chi connectivity index (χ0n) is 11.1. The smallest absolute Gasteiger partial charge is 0.196 e. The van der Waals surface area contributed by atoms with E-state index in [1.807, 2.05) is 12.1 Å². The van der Waals surface area contributed by atoms with Crippen molar-refractivity contribution in [2.24, 2.45) is 0 Å². The summed E-state index contributed by atoms with van der Waals surface area (Å²) in [7, 11) is 0. The van der Waals surface area contributed by atoms with Crippen LogP contribution in [0.5, 0.6) is 0 Å². The topological polar surface area (TPSA) is 17.1 Å². The quantitative estimate of drug-likeness (QED) is 0.517. The first-order chi connectivity index (χ1) is 9.41. The molecule has 1 nitrogen and oxygen atoms in total. The van der Waals surface area contributed by atoms with E-state index in [1.54, 1.807) is 18.2 Å². The summed E-state index contributed by atoms with van der Waals surface area (Å²) in [6.45, 7) is 4.15. The van der Waals surface area contributed by atoms with Gasteiger partial charge >= 0.3 is 0 Å². The molecule has 4 heteroatoms. The van der Waals surface area contributed by atoms with Crippen molar-refractivity contribution in [3.8, 4) is 0 Å². The van der Waals surface area contributed by atoms with E-state index < -0.39 is 5.82 Å². The molecule has 0 aliphatic rings. The lowest BCUT2D eigenvalue weighted by Crippen LogP contribution is -2.05. The number of carbonyl (C=O) groups is 1. The van der Waals surface area contributed by atoms with E-state index in [0.29, 0.717) is 16.0 Å². The summed E-state index contributed by atoms with van der Waals surface area (Å²) >= 11 is 8.93. The molecule has 2 aromatic carbocycles. The summed E-state index contributed by atoms with van der Waals surface area (Å²) in [4.78, 5) is 12.3. The van der Waals surface area contributed by atoms with Crippen LogP contribution in [-0.2, 0) is 0 Å². The molecular weight excluding hydrogens is 343 g/mol. The predicted octanol–water partition coefficient (Wildman–Crippen LogP) is 5.60. The highest BCUT2D eigenvalue weighted by Crippen LogP contribution is 2.29. The minimum Gasteiger partial charge on any atom is -0.288 e. The number of benzene rings is 2. The third-order valence-corrected chi connectivity index (χ3v) is 4.38. The molecule has 104 valence electrons. The number of carbonyl (C=O) groups excluding carboxylic acids is 1. The molecule has 0 bridgehead atoms. The predicted molar refractivity (Wildman–Crippen MR) is 83.1 cm³/mol. The summed E-state index contributed by atoms with van der Waals surface area (Å²) in [5.74, 6) is -0.677. The maximum atomic E-state index is 14.0. The van der Waals surface area contributed by atoms with E-state index in [4.69, 9.17) is 11.6 Å². The number of hydrogen-bond donors (Lipinski definition) is 0. The number of rotatable bonds is 3. The van der Waals surface area contributed by atoms with Crippen LogP contribution in [0.3, 0.4) is 0 Å². The van der Waals surface area contributed by atoms with Gasteiger partial charge in [-0.1, -0.05) is 49.7 Å². The molecule has 0 saturated heterocycles. The van der Waals surface area contributed by atoms with Crippen LogP contribution < -0.4 is 0 Å².